The Bertz CT molecular complexity index is 1840. The van der Waals surface area contributed by atoms with Crippen molar-refractivity contribution in [2.75, 3.05) is 24.9 Å². The zero-order chi connectivity index (χ0) is 30.8. The van der Waals surface area contributed by atoms with Crippen molar-refractivity contribution in [2.45, 2.75) is 49.5 Å². The van der Waals surface area contributed by atoms with Gasteiger partial charge in [0.05, 0.1) is 12.7 Å². The van der Waals surface area contributed by atoms with Gasteiger partial charge in [0.2, 0.25) is 11.9 Å². The number of hydrogen-bond acceptors (Lipinski definition) is 17. The summed E-state index contributed by atoms with van der Waals surface area (Å²) in [6, 6.07) is 0. The number of aromatic amines is 2. The third-order valence-corrected chi connectivity index (χ3v) is 7.78. The fourth-order valence-electron chi connectivity index (χ4n) is 4.79. The second-order valence-corrected chi connectivity index (χ2v) is 11.3. The van der Waals surface area contributed by atoms with Crippen molar-refractivity contribution in [2.24, 2.45) is 0 Å². The van der Waals surface area contributed by atoms with Crippen molar-refractivity contribution >= 4 is 41.8 Å². The van der Waals surface area contributed by atoms with Crippen molar-refractivity contribution < 1.29 is 48.2 Å². The van der Waals surface area contributed by atoms with Gasteiger partial charge in [-0.05, 0) is 0 Å². The average Bonchev–Trinajstić information content (AvgIpc) is 3.69. The van der Waals surface area contributed by atoms with Gasteiger partial charge in [0.25, 0.3) is 11.1 Å². The van der Waals surface area contributed by atoms with E-state index in [1.807, 2.05) is 0 Å². The Hall–Kier alpha value is -3.83. The highest BCUT2D eigenvalue weighted by Gasteiger charge is 2.50. The third kappa shape index (κ3) is 5.08. The van der Waals surface area contributed by atoms with Gasteiger partial charge in [0, 0.05) is 7.11 Å². The van der Waals surface area contributed by atoms with Gasteiger partial charge in [-0.1, -0.05) is 0 Å². The molecule has 4 aromatic heterocycles. The number of rotatable bonds is 8. The number of nitrogens with one attached hydrogen (secondary N) is 2. The molecule has 232 valence electrons. The van der Waals surface area contributed by atoms with Crippen LogP contribution in [0.2, 0.25) is 0 Å². The molecule has 2 aliphatic heterocycles. The maximum absolute atomic E-state index is 13.0. The lowest BCUT2D eigenvalue weighted by atomic mass is 10.2. The fraction of sp³-hybridized carbons (Fsp3) is 0.500. The van der Waals surface area contributed by atoms with Crippen molar-refractivity contribution in [3.05, 3.63) is 33.4 Å². The average molecular weight is 628 g/mol. The van der Waals surface area contributed by atoms with Crippen molar-refractivity contribution in [1.29, 1.82) is 0 Å². The van der Waals surface area contributed by atoms with Crippen LogP contribution in [0.5, 0.6) is 0 Å². The number of fused-ring (bicyclic) bond motifs is 2. The van der Waals surface area contributed by atoms with Crippen molar-refractivity contribution in [1.82, 2.24) is 39.0 Å². The number of H-pyrrole nitrogens is 2. The molecule has 5 unspecified atom stereocenters. The summed E-state index contributed by atoms with van der Waals surface area (Å²) in [7, 11) is -3.55. The van der Waals surface area contributed by atoms with E-state index in [0.717, 1.165) is 17.2 Å². The Kier molecular flexibility index (Phi) is 7.29. The van der Waals surface area contributed by atoms with E-state index in [4.69, 9.17) is 34.9 Å². The van der Waals surface area contributed by atoms with E-state index in [0.29, 0.717) is 0 Å². The van der Waals surface area contributed by atoms with Gasteiger partial charge in [-0.15, -0.1) is 0 Å². The molecule has 2 saturated heterocycles. The molecule has 0 spiro atoms. The molecule has 6 heterocycles. The summed E-state index contributed by atoms with van der Waals surface area (Å²) < 4.78 is 42.2. The van der Waals surface area contributed by atoms with Gasteiger partial charge >= 0.3 is 7.60 Å². The minimum Gasteiger partial charge on any atom is -0.385 e. The molecule has 0 bridgehead atoms. The van der Waals surface area contributed by atoms with E-state index in [1.54, 1.807) is 0 Å². The van der Waals surface area contributed by atoms with Crippen LogP contribution in [0.25, 0.3) is 22.3 Å². The van der Waals surface area contributed by atoms with E-state index < -0.39 is 74.5 Å². The first-order valence-electron chi connectivity index (χ1n) is 12.3. The number of aliphatic hydroxyl groups excluding tert-OH is 3. The largest absolute Gasteiger partial charge is 0.385 e. The number of methoxy groups -OCH3 is 1. The number of anilines is 2. The van der Waals surface area contributed by atoms with Gasteiger partial charge in [-0.2, -0.15) is 9.97 Å². The normalized spacial score (nSPS) is 30.8. The molecule has 0 aromatic carbocycles. The van der Waals surface area contributed by atoms with Crippen LogP contribution in [0.15, 0.2) is 22.2 Å². The number of aromatic nitrogens is 8. The number of nitrogens with two attached hydrogens (primary N) is 2. The summed E-state index contributed by atoms with van der Waals surface area (Å²) in [6.07, 6.45) is -11.1. The highest BCUT2D eigenvalue weighted by atomic mass is 31.2. The zero-order valence-electron chi connectivity index (χ0n) is 21.8. The minimum absolute atomic E-state index is 0.0371. The van der Waals surface area contributed by atoms with Gasteiger partial charge in [-0.25, -0.2) is 9.97 Å². The standard InChI is InChI=1S/C20H25N10O12P/c1-38-18-10(9(33)16(41-18)30-3-24-6-12(30)26-20(22)28-14(6)35)42-43(36,37)4-39-17-8(32)7(31)15(40-17)29-2-23-5-11(29)25-19(21)27-13(5)34/h2-3,7-10,15-18,31-33H,4H2,1H3,(H,36,37)(H3,21,25,27,34)(H3,22,26,28,35)/t7?,8?,9?,10?,15-,16-,17+,18+/m1/s1. The van der Waals surface area contributed by atoms with E-state index in [-0.39, 0.29) is 34.2 Å². The topological polar surface area (TPSA) is 323 Å². The Labute approximate surface area is 237 Å². The summed E-state index contributed by atoms with van der Waals surface area (Å²) in [5.74, 6) is -0.456. The van der Waals surface area contributed by atoms with Crippen LogP contribution >= 0.6 is 7.60 Å². The van der Waals surface area contributed by atoms with Gasteiger partial charge in [0.1, 0.15) is 24.4 Å². The van der Waals surface area contributed by atoms with Crippen molar-refractivity contribution in [3.63, 3.8) is 0 Å². The monoisotopic (exact) mass is 628 g/mol. The van der Waals surface area contributed by atoms with Crippen LogP contribution in [0, 0.1) is 0 Å². The zero-order valence-corrected chi connectivity index (χ0v) is 22.7. The number of imidazole rings is 2. The second kappa shape index (κ2) is 10.7. The van der Waals surface area contributed by atoms with Crippen LogP contribution < -0.4 is 22.6 Å². The van der Waals surface area contributed by atoms with E-state index in [2.05, 4.69) is 29.9 Å². The Balaban J connectivity index is 1.15. The van der Waals surface area contributed by atoms with Gasteiger partial charge in [0.15, 0.2) is 53.7 Å². The Morgan fingerprint density at radius 2 is 1.42 bits per heavy atom. The molecule has 43 heavy (non-hydrogen) atoms. The van der Waals surface area contributed by atoms with E-state index in [9.17, 15) is 34.4 Å². The third-order valence-electron chi connectivity index (χ3n) is 6.74. The van der Waals surface area contributed by atoms with Crippen LogP contribution in [-0.2, 0) is 28.0 Å². The summed E-state index contributed by atoms with van der Waals surface area (Å²) in [5, 5.41) is 32.0. The quantitative estimate of drug-likeness (QED) is 0.0873. The molecule has 2 aliphatic rings. The van der Waals surface area contributed by atoms with Crippen LogP contribution in [0.1, 0.15) is 12.5 Å². The van der Waals surface area contributed by atoms with Gasteiger partial charge in [-0.3, -0.25) is 37.8 Å². The van der Waals surface area contributed by atoms with Crippen LogP contribution in [-0.4, -0.2) is 110 Å². The first-order chi connectivity index (χ1) is 20.4. The highest BCUT2D eigenvalue weighted by Crippen LogP contribution is 2.48. The Morgan fingerprint density at radius 1 is 0.907 bits per heavy atom. The predicted molar refractivity (Wildman–Crippen MR) is 139 cm³/mol. The number of aliphatic hydroxyl groups is 3. The molecule has 2 fully saturated rings. The second-order valence-electron chi connectivity index (χ2n) is 9.55. The maximum atomic E-state index is 13.0. The molecule has 0 amide bonds. The van der Waals surface area contributed by atoms with Crippen LogP contribution in [0.4, 0.5) is 11.9 Å². The molecule has 23 heteroatoms. The number of ether oxygens (including phenoxy) is 4. The first-order valence-corrected chi connectivity index (χ1v) is 14.1. The highest BCUT2D eigenvalue weighted by molar-refractivity contribution is 7.52. The minimum atomic E-state index is -4.75. The molecule has 0 radical (unpaired) electrons. The molecular formula is C20H25N10O12P. The van der Waals surface area contributed by atoms with Gasteiger partial charge < -0.3 is 50.6 Å². The molecule has 22 nitrogen and oxygen atoms in total. The summed E-state index contributed by atoms with van der Waals surface area (Å²) >= 11 is 0. The Morgan fingerprint density at radius 3 is 1.95 bits per heavy atom. The molecule has 6 rings (SSSR count). The number of nitrogen functional groups attached to an aromatic ring is 2. The predicted octanol–water partition coefficient (Wildman–Crippen LogP) is -3.60. The lowest BCUT2D eigenvalue weighted by Crippen LogP contribution is -2.36. The number of nitrogens with zero attached hydrogens (tertiary/aromatic N) is 6. The molecule has 9 atom stereocenters. The maximum Gasteiger partial charge on any atom is 0.354 e. The summed E-state index contributed by atoms with van der Waals surface area (Å²) in [6.45, 7) is 0. The molecule has 0 saturated carbocycles. The molecule has 0 aliphatic carbocycles. The summed E-state index contributed by atoms with van der Waals surface area (Å²) in [4.78, 5) is 55.1. The van der Waals surface area contributed by atoms with Crippen LogP contribution in [0.3, 0.4) is 0 Å². The lowest BCUT2D eigenvalue weighted by Gasteiger charge is -2.24. The smallest absolute Gasteiger partial charge is 0.354 e. The fourth-order valence-corrected chi connectivity index (χ4v) is 5.79. The van der Waals surface area contributed by atoms with Crippen molar-refractivity contribution in [3.8, 4) is 0 Å². The SMILES string of the molecule is CO[C@H]1O[C@@H](n2cnc3c(=O)[nH]c(N)nc32)C(O)C1OP(=O)(O)CO[C@H]1O[C@@H](n2cnc3c(=O)[nH]c(N)nc32)C(O)C1O. The van der Waals surface area contributed by atoms with E-state index >= 15 is 0 Å². The molecule has 10 N–H and O–H groups in total. The number of hydrogen-bond donors (Lipinski definition) is 8. The van der Waals surface area contributed by atoms with E-state index in [1.165, 1.54) is 11.7 Å². The lowest BCUT2D eigenvalue weighted by molar-refractivity contribution is -0.171. The summed E-state index contributed by atoms with van der Waals surface area (Å²) in [5.41, 5.74) is 9.60. The first kappa shape index (κ1) is 29.3. The molecular weight excluding hydrogens is 603 g/mol. The molecule has 4 aromatic rings.